The number of hydrogen-bond acceptors (Lipinski definition) is 4. The Morgan fingerprint density at radius 3 is 2.96 bits per heavy atom. The van der Waals surface area contributed by atoms with Crippen molar-refractivity contribution in [1.82, 2.24) is 15.3 Å². The number of aromatic nitrogens is 2. The number of ether oxygens (including phenoxy) is 1. The molecule has 3 aromatic rings. The summed E-state index contributed by atoms with van der Waals surface area (Å²) in [7, 11) is 3.22. The maximum Gasteiger partial charge on any atom is 0.251 e. The fraction of sp³-hybridized carbons (Fsp3) is 0.176. The van der Waals surface area contributed by atoms with Crippen molar-refractivity contribution in [2.45, 2.75) is 6.54 Å². The van der Waals surface area contributed by atoms with Crippen LogP contribution in [0.3, 0.4) is 0 Å². The first-order chi connectivity index (χ1) is 11.2. The fourth-order valence-corrected chi connectivity index (χ4v) is 2.49. The molecule has 0 radical (unpaired) electrons. The average Bonchev–Trinajstić information content (AvgIpc) is 3.08. The van der Waals surface area contributed by atoms with Gasteiger partial charge in [0.1, 0.15) is 11.4 Å². The highest BCUT2D eigenvalue weighted by atomic mass is 16.5. The lowest BCUT2D eigenvalue weighted by atomic mass is 10.1. The van der Waals surface area contributed by atoms with E-state index in [-0.39, 0.29) is 5.91 Å². The van der Waals surface area contributed by atoms with Crippen LogP contribution < -0.4 is 15.4 Å². The van der Waals surface area contributed by atoms with Crippen LogP contribution in [0.25, 0.3) is 11.0 Å². The van der Waals surface area contributed by atoms with E-state index in [4.69, 9.17) is 4.74 Å². The lowest BCUT2D eigenvalue weighted by Crippen LogP contribution is -2.18. The average molecular weight is 310 g/mol. The molecule has 23 heavy (non-hydrogen) atoms. The maximum atomic E-state index is 11.8. The Balaban J connectivity index is 1.87. The van der Waals surface area contributed by atoms with Crippen LogP contribution in [0, 0.1) is 0 Å². The highest BCUT2D eigenvalue weighted by molar-refractivity contribution is 5.95. The molecule has 0 aliphatic carbocycles. The molecule has 0 spiro atoms. The number of H-pyrrole nitrogens is 1. The van der Waals surface area contributed by atoms with Crippen molar-refractivity contribution < 1.29 is 9.53 Å². The molecule has 0 saturated heterocycles. The first-order valence-electron chi connectivity index (χ1n) is 7.28. The highest BCUT2D eigenvalue weighted by Gasteiger charge is 2.10. The van der Waals surface area contributed by atoms with Gasteiger partial charge in [0.25, 0.3) is 5.91 Å². The predicted octanol–water partition coefficient (Wildman–Crippen LogP) is 2.54. The van der Waals surface area contributed by atoms with Crippen molar-refractivity contribution in [1.29, 1.82) is 0 Å². The van der Waals surface area contributed by atoms with Crippen LogP contribution in [0.15, 0.2) is 42.7 Å². The molecule has 1 amide bonds. The van der Waals surface area contributed by atoms with Crippen LogP contribution in [-0.4, -0.2) is 30.0 Å². The molecule has 0 aliphatic rings. The predicted molar refractivity (Wildman–Crippen MR) is 89.8 cm³/mol. The first-order valence-corrected chi connectivity index (χ1v) is 7.28. The summed E-state index contributed by atoms with van der Waals surface area (Å²) in [6.07, 6.45) is 3.64. The van der Waals surface area contributed by atoms with Crippen molar-refractivity contribution in [3.05, 3.63) is 53.9 Å². The monoisotopic (exact) mass is 310 g/mol. The van der Waals surface area contributed by atoms with Crippen molar-refractivity contribution in [3.63, 3.8) is 0 Å². The smallest absolute Gasteiger partial charge is 0.251 e. The Morgan fingerprint density at radius 2 is 2.17 bits per heavy atom. The molecule has 3 rings (SSSR count). The number of benzene rings is 1. The van der Waals surface area contributed by atoms with E-state index < -0.39 is 0 Å². The summed E-state index contributed by atoms with van der Waals surface area (Å²) >= 11 is 0. The molecule has 118 valence electrons. The molecule has 0 fully saturated rings. The molecular weight excluding hydrogens is 292 g/mol. The number of methoxy groups -OCH3 is 1. The minimum absolute atomic E-state index is 0.132. The third-order valence-electron chi connectivity index (χ3n) is 3.71. The number of nitrogens with zero attached hydrogens (tertiary/aromatic N) is 1. The van der Waals surface area contributed by atoms with E-state index in [9.17, 15) is 4.79 Å². The SMILES string of the molecule is CNC(=O)c1ccc(OC)c(NCc2ccnc3[nH]ccc23)c1. The Kier molecular flexibility index (Phi) is 4.14. The van der Waals surface area contributed by atoms with Gasteiger partial charge in [0.05, 0.1) is 12.8 Å². The van der Waals surface area contributed by atoms with Gasteiger partial charge in [-0.15, -0.1) is 0 Å². The number of fused-ring (bicyclic) bond motifs is 1. The second-order valence-electron chi connectivity index (χ2n) is 5.06. The lowest BCUT2D eigenvalue weighted by molar-refractivity contribution is 0.0963. The number of nitrogens with one attached hydrogen (secondary N) is 3. The number of rotatable bonds is 5. The largest absolute Gasteiger partial charge is 0.495 e. The molecule has 2 heterocycles. The molecule has 0 atom stereocenters. The van der Waals surface area contributed by atoms with E-state index >= 15 is 0 Å². The normalized spacial score (nSPS) is 10.5. The van der Waals surface area contributed by atoms with Gasteiger partial charge in [-0.05, 0) is 35.9 Å². The Bertz CT molecular complexity index is 841. The zero-order valence-corrected chi connectivity index (χ0v) is 13.0. The van der Waals surface area contributed by atoms with Crippen molar-refractivity contribution in [2.24, 2.45) is 0 Å². The van der Waals surface area contributed by atoms with Crippen LogP contribution in [0.5, 0.6) is 5.75 Å². The van der Waals surface area contributed by atoms with Crippen LogP contribution in [0.4, 0.5) is 5.69 Å². The first kappa shape index (κ1) is 14.9. The lowest BCUT2D eigenvalue weighted by Gasteiger charge is -2.13. The van der Waals surface area contributed by atoms with Crippen LogP contribution in [0.1, 0.15) is 15.9 Å². The van der Waals surface area contributed by atoms with Gasteiger partial charge in [-0.1, -0.05) is 0 Å². The van der Waals surface area contributed by atoms with E-state index in [1.807, 2.05) is 18.3 Å². The molecule has 0 aliphatic heterocycles. The Morgan fingerprint density at radius 1 is 1.30 bits per heavy atom. The number of carbonyl (C=O) groups excluding carboxylic acids is 1. The Hall–Kier alpha value is -3.02. The fourth-order valence-electron chi connectivity index (χ4n) is 2.49. The van der Waals surface area contributed by atoms with Crippen LogP contribution >= 0.6 is 0 Å². The van der Waals surface area contributed by atoms with E-state index in [1.165, 1.54) is 0 Å². The maximum absolute atomic E-state index is 11.8. The number of carbonyl (C=O) groups is 1. The van der Waals surface area contributed by atoms with Gasteiger partial charge < -0.3 is 20.4 Å². The molecule has 0 saturated carbocycles. The molecule has 6 heteroatoms. The van der Waals surface area contributed by atoms with Gasteiger partial charge in [0.15, 0.2) is 0 Å². The summed E-state index contributed by atoms with van der Waals surface area (Å²) in [6.45, 7) is 0.602. The van der Waals surface area contributed by atoms with Crippen LogP contribution in [-0.2, 0) is 6.54 Å². The molecule has 1 aromatic carbocycles. The number of hydrogen-bond donors (Lipinski definition) is 3. The third-order valence-corrected chi connectivity index (χ3v) is 3.71. The molecule has 2 aromatic heterocycles. The molecular formula is C17H18N4O2. The van der Waals surface area contributed by atoms with Crippen molar-refractivity contribution >= 4 is 22.6 Å². The summed E-state index contributed by atoms with van der Waals surface area (Å²) in [5, 5.41) is 7.03. The summed E-state index contributed by atoms with van der Waals surface area (Å²) < 4.78 is 5.36. The van der Waals surface area contributed by atoms with Crippen LogP contribution in [0.2, 0.25) is 0 Å². The minimum atomic E-state index is -0.132. The molecule has 3 N–H and O–H groups in total. The van der Waals surface area contributed by atoms with Gasteiger partial charge in [0, 0.05) is 36.9 Å². The Labute approximate surface area is 133 Å². The van der Waals surface area contributed by atoms with E-state index in [0.29, 0.717) is 17.9 Å². The highest BCUT2D eigenvalue weighted by Crippen LogP contribution is 2.27. The quantitative estimate of drug-likeness (QED) is 0.676. The zero-order valence-electron chi connectivity index (χ0n) is 13.0. The third kappa shape index (κ3) is 2.96. The van der Waals surface area contributed by atoms with Gasteiger partial charge in [-0.2, -0.15) is 0 Å². The van der Waals surface area contributed by atoms with Gasteiger partial charge in [-0.3, -0.25) is 4.79 Å². The van der Waals surface area contributed by atoms with E-state index in [0.717, 1.165) is 22.3 Å². The number of amides is 1. The van der Waals surface area contributed by atoms with E-state index in [2.05, 4.69) is 20.6 Å². The van der Waals surface area contributed by atoms with Gasteiger partial charge >= 0.3 is 0 Å². The summed E-state index contributed by atoms with van der Waals surface area (Å²) in [5.74, 6) is 0.560. The van der Waals surface area contributed by atoms with E-state index in [1.54, 1.807) is 38.6 Å². The number of pyridine rings is 1. The standard InChI is InChI=1S/C17H18N4O2/c1-18-17(22)11-3-4-15(23-2)14(9-11)21-10-12-5-7-19-16-13(12)6-8-20-16/h3-9,21H,10H2,1-2H3,(H,18,22)(H,19,20). The topological polar surface area (TPSA) is 79.0 Å². The number of anilines is 1. The minimum Gasteiger partial charge on any atom is -0.495 e. The summed E-state index contributed by atoms with van der Waals surface area (Å²) in [6, 6.07) is 9.27. The summed E-state index contributed by atoms with van der Waals surface area (Å²) in [4.78, 5) is 19.2. The summed E-state index contributed by atoms with van der Waals surface area (Å²) in [5.41, 5.74) is 3.32. The zero-order chi connectivity index (χ0) is 16.2. The second-order valence-corrected chi connectivity index (χ2v) is 5.06. The molecule has 0 unspecified atom stereocenters. The van der Waals surface area contributed by atoms with Crippen molar-refractivity contribution in [2.75, 3.05) is 19.5 Å². The molecule has 0 bridgehead atoms. The number of aromatic amines is 1. The van der Waals surface area contributed by atoms with Crippen molar-refractivity contribution in [3.8, 4) is 5.75 Å². The second kappa shape index (κ2) is 6.39. The molecule has 6 nitrogen and oxygen atoms in total. The van der Waals surface area contributed by atoms with Gasteiger partial charge in [0.2, 0.25) is 0 Å². The van der Waals surface area contributed by atoms with Gasteiger partial charge in [-0.25, -0.2) is 4.98 Å².